The second-order valence-electron chi connectivity index (χ2n) is 6.54. The first-order chi connectivity index (χ1) is 12.8. The number of aryl methyl sites for hydroxylation is 1. The van der Waals surface area contributed by atoms with E-state index in [1.165, 1.54) is 4.31 Å². The van der Waals surface area contributed by atoms with E-state index in [1.807, 2.05) is 12.1 Å². The second kappa shape index (κ2) is 8.00. The molecule has 0 spiro atoms. The van der Waals surface area contributed by atoms with Crippen LogP contribution in [0.15, 0.2) is 59.5 Å². The molecule has 1 aliphatic heterocycles. The summed E-state index contributed by atoms with van der Waals surface area (Å²) in [6, 6.07) is 15.5. The zero-order chi connectivity index (χ0) is 19.5. The molecule has 2 aromatic carbocycles. The summed E-state index contributed by atoms with van der Waals surface area (Å²) < 4.78 is 57.1. The maximum absolute atomic E-state index is 12.7. The topological polar surface area (TPSA) is 80.8 Å². The average Bonchev–Trinajstić information content (AvgIpc) is 3.20. The molecule has 2 aromatic rings. The van der Waals surface area contributed by atoms with E-state index < -0.39 is 25.1 Å². The highest BCUT2D eigenvalue weighted by molar-refractivity contribution is 7.92. The molecule has 0 aliphatic carbocycles. The van der Waals surface area contributed by atoms with Crippen LogP contribution >= 0.6 is 0 Å². The van der Waals surface area contributed by atoms with E-state index in [0.717, 1.165) is 11.3 Å². The number of hydrogen-bond donors (Lipinski definition) is 0. The Hall–Kier alpha value is -1.90. The Balaban J connectivity index is 1.64. The quantitative estimate of drug-likeness (QED) is 0.700. The number of sulfone groups is 1. The third-order valence-corrected chi connectivity index (χ3v) is 8.85. The monoisotopic (exact) mass is 409 g/mol. The fraction of sp³-hybridized carbons (Fsp3) is 0.368. The maximum atomic E-state index is 12.7. The van der Waals surface area contributed by atoms with Gasteiger partial charge in [0.1, 0.15) is 5.75 Å². The number of methoxy groups -OCH3 is 1. The molecule has 27 heavy (non-hydrogen) atoms. The van der Waals surface area contributed by atoms with Crippen molar-refractivity contribution in [3.63, 3.8) is 0 Å². The SMILES string of the molecule is COc1ccc(CCS(=O)(=O)N2CCC(S(=O)(=O)c3ccccc3)C2)cc1. The van der Waals surface area contributed by atoms with Crippen LogP contribution in [0.5, 0.6) is 5.75 Å². The number of nitrogens with zero attached hydrogens (tertiary/aromatic N) is 1. The van der Waals surface area contributed by atoms with Crippen LogP contribution in [0.2, 0.25) is 0 Å². The molecule has 6 nitrogen and oxygen atoms in total. The smallest absolute Gasteiger partial charge is 0.214 e. The fourth-order valence-electron chi connectivity index (χ4n) is 3.17. The zero-order valence-electron chi connectivity index (χ0n) is 15.1. The first-order valence-electron chi connectivity index (χ1n) is 8.72. The Morgan fingerprint density at radius 3 is 2.30 bits per heavy atom. The van der Waals surface area contributed by atoms with Crippen LogP contribution in [0, 0.1) is 0 Å². The van der Waals surface area contributed by atoms with E-state index in [1.54, 1.807) is 49.6 Å². The van der Waals surface area contributed by atoms with Crippen LogP contribution in [0.4, 0.5) is 0 Å². The van der Waals surface area contributed by atoms with Crippen molar-refractivity contribution in [2.45, 2.75) is 23.0 Å². The van der Waals surface area contributed by atoms with E-state index in [2.05, 4.69) is 0 Å². The second-order valence-corrected chi connectivity index (χ2v) is 10.9. The molecule has 146 valence electrons. The van der Waals surface area contributed by atoms with Crippen LogP contribution < -0.4 is 4.74 Å². The van der Waals surface area contributed by atoms with Crippen molar-refractivity contribution in [1.29, 1.82) is 0 Å². The Kier molecular flexibility index (Phi) is 5.88. The summed E-state index contributed by atoms with van der Waals surface area (Å²) >= 11 is 0. The van der Waals surface area contributed by atoms with Crippen molar-refractivity contribution in [3.05, 3.63) is 60.2 Å². The van der Waals surface area contributed by atoms with Crippen molar-refractivity contribution < 1.29 is 21.6 Å². The summed E-state index contributed by atoms with van der Waals surface area (Å²) in [5, 5.41) is -0.698. The van der Waals surface area contributed by atoms with E-state index in [-0.39, 0.29) is 23.7 Å². The number of hydrogen-bond acceptors (Lipinski definition) is 5. The van der Waals surface area contributed by atoms with Crippen molar-refractivity contribution >= 4 is 19.9 Å². The van der Waals surface area contributed by atoms with Crippen LogP contribution in [-0.4, -0.2) is 52.3 Å². The first kappa shape index (κ1) is 19.9. The van der Waals surface area contributed by atoms with Gasteiger partial charge in [-0.15, -0.1) is 0 Å². The molecule has 8 heteroatoms. The molecule has 0 N–H and O–H groups in total. The van der Waals surface area contributed by atoms with E-state index >= 15 is 0 Å². The molecule has 1 aliphatic rings. The van der Waals surface area contributed by atoms with Crippen LogP contribution in [0.1, 0.15) is 12.0 Å². The summed E-state index contributed by atoms with van der Waals surface area (Å²) in [6.07, 6.45) is 0.692. The molecule has 1 saturated heterocycles. The van der Waals surface area contributed by atoms with Gasteiger partial charge in [-0.05, 0) is 42.7 Å². The van der Waals surface area contributed by atoms with Gasteiger partial charge in [-0.3, -0.25) is 0 Å². The highest BCUT2D eigenvalue weighted by atomic mass is 32.2. The lowest BCUT2D eigenvalue weighted by molar-refractivity contribution is 0.414. The Morgan fingerprint density at radius 2 is 1.67 bits per heavy atom. The number of sulfonamides is 1. The number of benzene rings is 2. The van der Waals surface area contributed by atoms with Crippen LogP contribution in [0.25, 0.3) is 0 Å². The predicted octanol–water partition coefficient (Wildman–Crippen LogP) is 2.12. The standard InChI is InChI=1S/C19H23NO5S2/c1-25-17-9-7-16(8-10-17)12-14-26(21,22)20-13-11-19(15-20)27(23,24)18-5-3-2-4-6-18/h2-10,19H,11-15H2,1H3. The molecular weight excluding hydrogens is 386 g/mol. The highest BCUT2D eigenvalue weighted by Crippen LogP contribution is 2.26. The minimum atomic E-state index is -3.53. The summed E-state index contributed by atoms with van der Waals surface area (Å²) in [5.74, 6) is 0.673. The number of rotatable bonds is 7. The Bertz CT molecular complexity index is 971. The van der Waals surface area contributed by atoms with Crippen molar-refractivity contribution in [2.24, 2.45) is 0 Å². The molecule has 0 bridgehead atoms. The summed E-state index contributed by atoms with van der Waals surface area (Å²) in [7, 11) is -5.46. The zero-order valence-corrected chi connectivity index (χ0v) is 16.7. The van der Waals surface area contributed by atoms with Gasteiger partial charge < -0.3 is 4.74 Å². The minimum Gasteiger partial charge on any atom is -0.497 e. The van der Waals surface area contributed by atoms with Gasteiger partial charge in [0.25, 0.3) is 0 Å². The molecular formula is C19H23NO5S2. The largest absolute Gasteiger partial charge is 0.497 e. The highest BCUT2D eigenvalue weighted by Gasteiger charge is 2.38. The molecule has 0 amide bonds. The van der Waals surface area contributed by atoms with Gasteiger partial charge >= 0.3 is 0 Å². The van der Waals surface area contributed by atoms with Crippen LogP contribution in [0.3, 0.4) is 0 Å². The van der Waals surface area contributed by atoms with Gasteiger partial charge in [-0.1, -0.05) is 30.3 Å². The molecule has 0 saturated carbocycles. The summed E-state index contributed by atoms with van der Waals surface area (Å²) in [5.41, 5.74) is 0.895. The number of ether oxygens (including phenoxy) is 1. The minimum absolute atomic E-state index is 0.0160. The molecule has 1 heterocycles. The van der Waals surface area contributed by atoms with Crippen LogP contribution in [-0.2, 0) is 26.3 Å². The van der Waals surface area contributed by atoms with Gasteiger partial charge in [0.15, 0.2) is 9.84 Å². The predicted molar refractivity (Wildman–Crippen MR) is 104 cm³/mol. The fourth-order valence-corrected chi connectivity index (χ4v) is 6.52. The van der Waals surface area contributed by atoms with E-state index in [0.29, 0.717) is 12.8 Å². The molecule has 1 unspecified atom stereocenters. The first-order valence-corrected chi connectivity index (χ1v) is 11.9. The normalized spacial score (nSPS) is 18.5. The van der Waals surface area contributed by atoms with Crippen molar-refractivity contribution in [2.75, 3.05) is 26.0 Å². The van der Waals surface area contributed by atoms with E-state index in [9.17, 15) is 16.8 Å². The molecule has 1 fully saturated rings. The van der Waals surface area contributed by atoms with E-state index in [4.69, 9.17) is 4.74 Å². The van der Waals surface area contributed by atoms with Gasteiger partial charge in [0.2, 0.25) is 10.0 Å². The molecule has 3 rings (SSSR count). The lowest BCUT2D eigenvalue weighted by Crippen LogP contribution is -2.34. The average molecular weight is 410 g/mol. The molecule has 0 aromatic heterocycles. The van der Waals surface area contributed by atoms with Crippen molar-refractivity contribution in [1.82, 2.24) is 4.31 Å². The molecule has 1 atom stereocenters. The summed E-state index contributed by atoms with van der Waals surface area (Å²) in [4.78, 5) is 0.243. The third-order valence-electron chi connectivity index (χ3n) is 4.82. The summed E-state index contributed by atoms with van der Waals surface area (Å²) in [6.45, 7) is 0.254. The Labute approximate surface area is 160 Å². The van der Waals surface area contributed by atoms with Gasteiger partial charge in [0, 0.05) is 13.1 Å². The van der Waals surface area contributed by atoms with Gasteiger partial charge in [0.05, 0.1) is 23.0 Å². The lowest BCUT2D eigenvalue weighted by Gasteiger charge is -2.17. The van der Waals surface area contributed by atoms with Gasteiger partial charge in [-0.25, -0.2) is 21.1 Å². The van der Waals surface area contributed by atoms with Gasteiger partial charge in [-0.2, -0.15) is 0 Å². The third kappa shape index (κ3) is 4.51. The lowest BCUT2D eigenvalue weighted by atomic mass is 10.2. The van der Waals surface area contributed by atoms with Crippen molar-refractivity contribution in [3.8, 4) is 5.75 Å². The molecule has 0 radical (unpaired) electrons. The Morgan fingerprint density at radius 1 is 1.00 bits per heavy atom. The maximum Gasteiger partial charge on any atom is 0.214 e.